The Morgan fingerprint density at radius 3 is 2.42 bits per heavy atom. The zero-order chi connectivity index (χ0) is 26.4. The minimum atomic E-state index is -0.807. The monoisotopic (exact) mass is 508 g/mol. The Hall–Kier alpha value is -3.36. The lowest BCUT2D eigenvalue weighted by Gasteiger charge is -2.29. The molecule has 0 spiro atoms. The van der Waals surface area contributed by atoms with Gasteiger partial charge in [-0.3, -0.25) is 4.68 Å². The van der Waals surface area contributed by atoms with Crippen molar-refractivity contribution in [2.75, 3.05) is 0 Å². The topological polar surface area (TPSA) is 103 Å². The van der Waals surface area contributed by atoms with Crippen molar-refractivity contribution in [2.24, 2.45) is 17.9 Å². The van der Waals surface area contributed by atoms with Gasteiger partial charge < -0.3 is 20.2 Å². The van der Waals surface area contributed by atoms with E-state index in [4.69, 9.17) is 27.1 Å². The van der Waals surface area contributed by atoms with Crippen LogP contribution in [0.15, 0.2) is 41.8 Å². The molecule has 0 fully saturated rings. The molecule has 3 heterocycles. The fraction of sp³-hybridized carbons (Fsp3) is 0.370. The van der Waals surface area contributed by atoms with E-state index in [9.17, 15) is 5.21 Å². The first-order valence-corrected chi connectivity index (χ1v) is 12.2. The van der Waals surface area contributed by atoms with Gasteiger partial charge in [-0.25, -0.2) is 4.98 Å². The van der Waals surface area contributed by atoms with Crippen LogP contribution >= 0.6 is 11.6 Å². The number of aryl methyl sites for hydroxylation is 3. The van der Waals surface area contributed by atoms with Gasteiger partial charge in [-0.1, -0.05) is 28.9 Å². The van der Waals surface area contributed by atoms with Crippen molar-refractivity contribution in [3.8, 4) is 11.1 Å². The van der Waals surface area contributed by atoms with Crippen molar-refractivity contribution in [1.82, 2.24) is 19.3 Å². The molecule has 8 nitrogen and oxygen atoms in total. The Labute approximate surface area is 216 Å². The van der Waals surface area contributed by atoms with E-state index in [-0.39, 0.29) is 5.84 Å². The fourth-order valence-electron chi connectivity index (χ4n) is 4.64. The number of nitrogens with two attached hydrogens (primary N) is 1. The van der Waals surface area contributed by atoms with Crippen LogP contribution in [0.4, 0.5) is 0 Å². The first kappa shape index (κ1) is 25.7. The zero-order valence-corrected chi connectivity index (χ0v) is 22.6. The number of hydrogen-bond acceptors (Lipinski definition) is 5. The maximum Gasteiger partial charge on any atom is 0.173 e. The second kappa shape index (κ2) is 9.59. The van der Waals surface area contributed by atoms with Crippen molar-refractivity contribution >= 4 is 28.5 Å². The van der Waals surface area contributed by atoms with Gasteiger partial charge in [0.15, 0.2) is 5.84 Å². The van der Waals surface area contributed by atoms with Gasteiger partial charge in [-0.05, 0) is 64.8 Å². The minimum Gasteiger partial charge on any atom is -0.409 e. The smallest absolute Gasteiger partial charge is 0.173 e. The van der Waals surface area contributed by atoms with Crippen LogP contribution in [0, 0.1) is 20.8 Å². The first-order chi connectivity index (χ1) is 16.9. The molecule has 0 aliphatic rings. The second-order valence-corrected chi connectivity index (χ2v) is 10.6. The summed E-state index contributed by atoms with van der Waals surface area (Å²) >= 11 is 6.24. The number of oxime groups is 1. The average molecular weight is 509 g/mol. The number of ether oxygens (including phenoxy) is 1. The zero-order valence-electron chi connectivity index (χ0n) is 21.8. The Kier molecular flexibility index (Phi) is 6.86. The molecular weight excluding hydrogens is 476 g/mol. The third-order valence-corrected chi connectivity index (χ3v) is 6.59. The van der Waals surface area contributed by atoms with Crippen molar-refractivity contribution in [3.63, 3.8) is 0 Å². The summed E-state index contributed by atoms with van der Waals surface area (Å²) in [6.45, 7) is 12.6. The van der Waals surface area contributed by atoms with E-state index in [1.165, 1.54) is 0 Å². The normalized spacial score (nSPS) is 13.5. The van der Waals surface area contributed by atoms with Crippen LogP contribution in [0.2, 0.25) is 5.02 Å². The molecule has 0 saturated carbocycles. The van der Waals surface area contributed by atoms with Crippen LogP contribution in [-0.2, 0) is 18.3 Å². The highest BCUT2D eigenvalue weighted by Gasteiger charge is 2.32. The Balaban J connectivity index is 2.09. The molecule has 0 bridgehead atoms. The first-order valence-electron chi connectivity index (χ1n) is 11.8. The molecular formula is C27H33ClN6O2. The molecule has 0 aliphatic carbocycles. The summed E-state index contributed by atoms with van der Waals surface area (Å²) in [7, 11) is 1.91. The molecule has 1 atom stereocenters. The van der Waals surface area contributed by atoms with Gasteiger partial charge in [0.1, 0.15) is 11.8 Å². The lowest BCUT2D eigenvalue weighted by molar-refractivity contribution is -0.0322. The highest BCUT2D eigenvalue weighted by Crippen LogP contribution is 2.42. The van der Waals surface area contributed by atoms with Gasteiger partial charge in [0.2, 0.25) is 0 Å². The average Bonchev–Trinajstić information content (AvgIpc) is 3.32. The van der Waals surface area contributed by atoms with E-state index < -0.39 is 11.7 Å². The number of hydrogen-bond donors (Lipinski definition) is 2. The van der Waals surface area contributed by atoms with Crippen LogP contribution in [0.3, 0.4) is 0 Å². The molecule has 4 aromatic rings. The van der Waals surface area contributed by atoms with Crippen molar-refractivity contribution in [1.29, 1.82) is 0 Å². The van der Waals surface area contributed by atoms with Crippen molar-refractivity contribution in [2.45, 2.75) is 59.8 Å². The van der Waals surface area contributed by atoms with E-state index >= 15 is 0 Å². The van der Waals surface area contributed by atoms with Gasteiger partial charge >= 0.3 is 0 Å². The molecule has 36 heavy (non-hydrogen) atoms. The molecule has 0 unspecified atom stereocenters. The van der Waals surface area contributed by atoms with Crippen LogP contribution in [0.25, 0.3) is 22.2 Å². The maximum atomic E-state index is 9.67. The quantitative estimate of drug-likeness (QED) is 0.151. The van der Waals surface area contributed by atoms with Crippen LogP contribution < -0.4 is 5.73 Å². The van der Waals surface area contributed by atoms with E-state index in [1.807, 2.05) is 71.4 Å². The standard InChI is InChI=1S/C27H33ClN6O2/c1-15-17(3)34(14-18-12-30-33(7)13-18)26-21(15)23(19-8-10-20(28)11-9-19)22(16(2)31-26)24(25(29)32-35)36-27(4,5)6/h8-13,24,35H,14H2,1-7H3,(H2,29,32)/t24-/m0/s1. The highest BCUT2D eigenvalue weighted by atomic mass is 35.5. The SMILES string of the molecule is Cc1nc2c(c(C)c(C)n2Cc2cnn(C)c2)c(-c2ccc(Cl)cc2)c1[C@H](OC(C)(C)C)/C(N)=N/O. The predicted molar refractivity (Wildman–Crippen MR) is 144 cm³/mol. The second-order valence-electron chi connectivity index (χ2n) is 10.1. The summed E-state index contributed by atoms with van der Waals surface area (Å²) in [4.78, 5) is 5.07. The molecule has 9 heteroatoms. The van der Waals surface area contributed by atoms with E-state index in [2.05, 4.69) is 28.7 Å². The summed E-state index contributed by atoms with van der Waals surface area (Å²) in [5, 5.41) is 19.0. The van der Waals surface area contributed by atoms with Crippen LogP contribution in [-0.4, -0.2) is 36.0 Å². The summed E-state index contributed by atoms with van der Waals surface area (Å²) in [6, 6.07) is 7.68. The number of pyridine rings is 1. The maximum absolute atomic E-state index is 9.67. The summed E-state index contributed by atoms with van der Waals surface area (Å²) < 4.78 is 10.4. The number of amidine groups is 1. The van der Waals surface area contributed by atoms with E-state index in [0.29, 0.717) is 11.6 Å². The van der Waals surface area contributed by atoms with Gasteiger partial charge in [0, 0.05) is 51.7 Å². The van der Waals surface area contributed by atoms with Gasteiger partial charge in [-0.15, -0.1) is 0 Å². The molecule has 4 rings (SSSR count). The number of fused-ring (bicyclic) bond motifs is 1. The molecule has 190 valence electrons. The predicted octanol–water partition coefficient (Wildman–Crippen LogP) is 5.67. The van der Waals surface area contributed by atoms with Gasteiger partial charge in [0.25, 0.3) is 0 Å². The molecule has 0 aliphatic heterocycles. The largest absolute Gasteiger partial charge is 0.409 e. The fourth-order valence-corrected chi connectivity index (χ4v) is 4.76. The molecule has 3 N–H and O–H groups in total. The number of aromatic nitrogens is 4. The van der Waals surface area contributed by atoms with Crippen LogP contribution in [0.1, 0.15) is 55.0 Å². The Bertz CT molecular complexity index is 1440. The summed E-state index contributed by atoms with van der Waals surface area (Å²) in [5.74, 6) is -0.0337. The number of nitrogens with zero attached hydrogens (tertiary/aromatic N) is 5. The van der Waals surface area contributed by atoms with Gasteiger partial charge in [0.05, 0.1) is 18.3 Å². The molecule has 3 aromatic heterocycles. The Morgan fingerprint density at radius 2 is 1.86 bits per heavy atom. The van der Waals surface area contributed by atoms with Gasteiger partial charge in [-0.2, -0.15) is 5.10 Å². The third-order valence-electron chi connectivity index (χ3n) is 6.33. The van der Waals surface area contributed by atoms with Crippen molar-refractivity contribution < 1.29 is 9.94 Å². The molecule has 1 aromatic carbocycles. The number of benzene rings is 1. The number of halogens is 1. The van der Waals surface area contributed by atoms with E-state index in [0.717, 1.165) is 50.2 Å². The molecule has 0 amide bonds. The minimum absolute atomic E-state index is 0.0337. The number of rotatable bonds is 6. The Morgan fingerprint density at radius 1 is 1.19 bits per heavy atom. The summed E-state index contributed by atoms with van der Waals surface area (Å²) in [6.07, 6.45) is 3.07. The van der Waals surface area contributed by atoms with Crippen LogP contribution in [0.5, 0.6) is 0 Å². The lowest BCUT2D eigenvalue weighted by Crippen LogP contribution is -2.32. The van der Waals surface area contributed by atoms with Crippen molar-refractivity contribution in [3.05, 3.63) is 69.8 Å². The molecule has 0 radical (unpaired) electrons. The lowest BCUT2D eigenvalue weighted by atomic mass is 9.90. The molecule has 0 saturated heterocycles. The van der Waals surface area contributed by atoms with E-state index in [1.54, 1.807) is 4.68 Å². The third kappa shape index (κ3) is 4.83. The summed E-state index contributed by atoms with van der Waals surface area (Å²) in [5.41, 5.74) is 13.2. The highest BCUT2D eigenvalue weighted by molar-refractivity contribution is 6.30.